The molecule has 0 spiro atoms. The molecule has 0 aliphatic rings. The van der Waals surface area contributed by atoms with E-state index in [4.69, 9.17) is 4.74 Å². The highest BCUT2D eigenvalue weighted by molar-refractivity contribution is 5.68. The fraction of sp³-hybridized carbons (Fsp3) is 0.105. The first-order valence-electron chi connectivity index (χ1n) is 7.57. The molecule has 2 aromatic carbocycles. The van der Waals surface area contributed by atoms with Crippen LogP contribution in [0.2, 0.25) is 0 Å². The van der Waals surface area contributed by atoms with Crippen molar-refractivity contribution in [2.45, 2.75) is 5.92 Å². The Hall–Kier alpha value is -3.28. The van der Waals surface area contributed by atoms with E-state index in [2.05, 4.69) is 15.3 Å². The molecule has 0 fully saturated rings. The van der Waals surface area contributed by atoms with Gasteiger partial charge in [-0.15, -0.1) is 0 Å². The predicted molar refractivity (Wildman–Crippen MR) is 92.2 cm³/mol. The lowest BCUT2D eigenvalue weighted by Gasteiger charge is -2.12. The Labute approximate surface area is 144 Å². The van der Waals surface area contributed by atoms with Gasteiger partial charge in [-0.25, -0.2) is 14.4 Å². The standard InChI is InChI=1S/C19H15FN3O2/c1-25-14-6-4-5-13(11-14)22-19-21-10-9-18(23-19)16(12-24)15-7-2-3-8-17(15)20/h2-11,16H,1H3,(H,21,22,23). The minimum absolute atomic E-state index is 0.225. The molecule has 0 amide bonds. The number of ether oxygens (including phenoxy) is 1. The number of carbonyl (C=O) groups excluding carboxylic acids is 1. The van der Waals surface area contributed by atoms with Gasteiger partial charge in [0.15, 0.2) is 0 Å². The maximum Gasteiger partial charge on any atom is 0.227 e. The molecule has 1 heterocycles. The average molecular weight is 336 g/mol. The van der Waals surface area contributed by atoms with E-state index in [1.807, 2.05) is 24.5 Å². The topological polar surface area (TPSA) is 64.1 Å². The summed E-state index contributed by atoms with van der Waals surface area (Å²) in [6, 6.07) is 14.9. The molecule has 3 rings (SSSR count). The van der Waals surface area contributed by atoms with Gasteiger partial charge in [0.25, 0.3) is 0 Å². The number of aromatic nitrogens is 2. The molecule has 0 saturated carbocycles. The summed E-state index contributed by atoms with van der Waals surface area (Å²) in [5.41, 5.74) is 1.32. The number of methoxy groups -OCH3 is 1. The third kappa shape index (κ3) is 3.80. The molecule has 0 aliphatic carbocycles. The van der Waals surface area contributed by atoms with Crippen LogP contribution < -0.4 is 10.1 Å². The van der Waals surface area contributed by atoms with Gasteiger partial charge in [0.05, 0.1) is 18.7 Å². The van der Waals surface area contributed by atoms with Crippen LogP contribution in [0.3, 0.4) is 0 Å². The average Bonchev–Trinajstić information content (AvgIpc) is 2.64. The molecule has 125 valence electrons. The summed E-state index contributed by atoms with van der Waals surface area (Å²) in [4.78, 5) is 19.9. The van der Waals surface area contributed by atoms with Crippen LogP contribution in [0, 0.1) is 5.82 Å². The van der Waals surface area contributed by atoms with Gasteiger partial charge < -0.3 is 10.1 Å². The second kappa shape index (κ2) is 7.53. The van der Waals surface area contributed by atoms with Crippen molar-refractivity contribution in [1.82, 2.24) is 9.97 Å². The second-order valence-corrected chi connectivity index (χ2v) is 5.23. The van der Waals surface area contributed by atoms with Gasteiger partial charge >= 0.3 is 0 Å². The zero-order chi connectivity index (χ0) is 17.6. The zero-order valence-electron chi connectivity index (χ0n) is 13.4. The van der Waals surface area contributed by atoms with Crippen LogP contribution in [0.25, 0.3) is 0 Å². The summed E-state index contributed by atoms with van der Waals surface area (Å²) in [6.45, 7) is 0. The van der Waals surface area contributed by atoms with E-state index >= 15 is 0 Å². The van der Waals surface area contributed by atoms with Crippen molar-refractivity contribution >= 4 is 17.9 Å². The van der Waals surface area contributed by atoms with Gasteiger partial charge in [0.1, 0.15) is 11.6 Å². The summed E-state index contributed by atoms with van der Waals surface area (Å²) >= 11 is 0. The second-order valence-electron chi connectivity index (χ2n) is 5.23. The molecule has 1 aromatic heterocycles. The Balaban J connectivity index is 1.90. The molecule has 1 N–H and O–H groups in total. The Morgan fingerprint density at radius 2 is 2.00 bits per heavy atom. The molecule has 3 aromatic rings. The van der Waals surface area contributed by atoms with E-state index in [9.17, 15) is 9.18 Å². The monoisotopic (exact) mass is 336 g/mol. The Morgan fingerprint density at radius 1 is 1.16 bits per heavy atom. The number of halogens is 1. The van der Waals surface area contributed by atoms with Gasteiger partial charge in [0, 0.05) is 23.5 Å². The number of hydrogen-bond acceptors (Lipinski definition) is 5. The molecule has 1 unspecified atom stereocenters. The van der Waals surface area contributed by atoms with Crippen molar-refractivity contribution in [2.75, 3.05) is 12.4 Å². The maximum absolute atomic E-state index is 14.0. The zero-order valence-corrected chi connectivity index (χ0v) is 13.4. The number of benzene rings is 2. The summed E-state index contributed by atoms with van der Waals surface area (Å²) < 4.78 is 19.2. The largest absolute Gasteiger partial charge is 0.497 e. The highest BCUT2D eigenvalue weighted by Gasteiger charge is 2.20. The summed E-state index contributed by atoms with van der Waals surface area (Å²) in [6.07, 6.45) is 3.37. The third-order valence-electron chi connectivity index (χ3n) is 3.63. The summed E-state index contributed by atoms with van der Waals surface area (Å²) in [7, 11) is 1.58. The molecule has 6 heteroatoms. The first-order chi connectivity index (χ1) is 12.2. The third-order valence-corrected chi connectivity index (χ3v) is 3.63. The van der Waals surface area contributed by atoms with E-state index in [-0.39, 0.29) is 5.56 Å². The van der Waals surface area contributed by atoms with E-state index in [0.717, 1.165) is 5.69 Å². The minimum atomic E-state index is -0.921. The van der Waals surface area contributed by atoms with Crippen molar-refractivity contribution in [3.63, 3.8) is 0 Å². The molecule has 1 radical (unpaired) electrons. The molecular weight excluding hydrogens is 321 g/mol. The Morgan fingerprint density at radius 3 is 2.76 bits per heavy atom. The predicted octanol–water partition coefficient (Wildman–Crippen LogP) is 3.61. The highest BCUT2D eigenvalue weighted by atomic mass is 19.1. The van der Waals surface area contributed by atoms with Crippen LogP contribution in [-0.4, -0.2) is 23.4 Å². The summed E-state index contributed by atoms with van der Waals surface area (Å²) in [5, 5.41) is 3.04. The lowest BCUT2D eigenvalue weighted by Crippen LogP contribution is -2.09. The van der Waals surface area contributed by atoms with Gasteiger partial charge in [-0.05, 0) is 24.3 Å². The number of anilines is 2. The summed E-state index contributed by atoms with van der Waals surface area (Å²) in [5.74, 6) is -0.416. The van der Waals surface area contributed by atoms with E-state index < -0.39 is 11.7 Å². The van der Waals surface area contributed by atoms with Crippen molar-refractivity contribution in [3.8, 4) is 5.75 Å². The molecule has 5 nitrogen and oxygen atoms in total. The smallest absolute Gasteiger partial charge is 0.227 e. The van der Waals surface area contributed by atoms with Crippen molar-refractivity contribution in [2.24, 2.45) is 0 Å². The highest BCUT2D eigenvalue weighted by Crippen LogP contribution is 2.25. The molecule has 0 aliphatic heterocycles. The van der Waals surface area contributed by atoms with Crippen molar-refractivity contribution in [1.29, 1.82) is 0 Å². The number of nitrogens with one attached hydrogen (secondary N) is 1. The fourth-order valence-corrected chi connectivity index (χ4v) is 2.42. The SMILES string of the molecule is COc1cccc(Nc2nccc(C([C]=O)c3ccccc3F)n2)c1. The van der Waals surface area contributed by atoms with Crippen molar-refractivity contribution < 1.29 is 13.9 Å². The Kier molecular flexibility index (Phi) is 4.99. The van der Waals surface area contributed by atoms with Crippen LogP contribution in [-0.2, 0) is 4.79 Å². The normalized spacial score (nSPS) is 11.6. The quantitative estimate of drug-likeness (QED) is 0.745. The minimum Gasteiger partial charge on any atom is -0.497 e. The lowest BCUT2D eigenvalue weighted by atomic mass is 9.96. The maximum atomic E-state index is 14.0. The molecular formula is C19H15FN3O2. The first-order valence-corrected chi connectivity index (χ1v) is 7.57. The van der Waals surface area contributed by atoms with E-state index in [0.29, 0.717) is 17.4 Å². The van der Waals surface area contributed by atoms with E-state index in [1.54, 1.807) is 37.4 Å². The van der Waals surface area contributed by atoms with Gasteiger partial charge in [-0.2, -0.15) is 0 Å². The number of hydrogen-bond donors (Lipinski definition) is 1. The molecule has 25 heavy (non-hydrogen) atoms. The van der Waals surface area contributed by atoms with Crippen LogP contribution in [0.5, 0.6) is 5.75 Å². The molecule has 1 atom stereocenters. The van der Waals surface area contributed by atoms with Gasteiger partial charge in [0.2, 0.25) is 12.2 Å². The van der Waals surface area contributed by atoms with Crippen LogP contribution in [0.1, 0.15) is 17.2 Å². The fourth-order valence-electron chi connectivity index (χ4n) is 2.42. The number of rotatable bonds is 6. The van der Waals surface area contributed by atoms with Crippen LogP contribution in [0.15, 0.2) is 60.8 Å². The van der Waals surface area contributed by atoms with Crippen LogP contribution >= 0.6 is 0 Å². The van der Waals surface area contributed by atoms with Gasteiger partial charge in [-0.3, -0.25) is 4.79 Å². The van der Waals surface area contributed by atoms with Crippen LogP contribution in [0.4, 0.5) is 16.0 Å². The van der Waals surface area contributed by atoms with Gasteiger partial charge in [-0.1, -0.05) is 24.3 Å². The Bertz CT molecular complexity index is 886. The molecule has 0 bridgehead atoms. The first kappa shape index (κ1) is 16.6. The number of nitrogens with zero attached hydrogens (tertiary/aromatic N) is 2. The van der Waals surface area contributed by atoms with E-state index in [1.165, 1.54) is 12.3 Å². The lowest BCUT2D eigenvalue weighted by molar-refractivity contribution is 0.415. The van der Waals surface area contributed by atoms with Crippen molar-refractivity contribution in [3.05, 3.63) is 77.9 Å². The molecule has 0 saturated heterocycles.